The number of aryl methyl sites for hydroxylation is 1. The van der Waals surface area contributed by atoms with Crippen molar-refractivity contribution in [1.29, 1.82) is 0 Å². The quantitative estimate of drug-likeness (QED) is 0.847. The van der Waals surface area contributed by atoms with Gasteiger partial charge < -0.3 is 5.32 Å². The number of sulfonamides is 1. The Labute approximate surface area is 145 Å². The second-order valence-electron chi connectivity index (χ2n) is 6.87. The first-order chi connectivity index (χ1) is 11.2. The molecule has 1 N–H and O–H groups in total. The first-order valence-corrected chi connectivity index (χ1v) is 10.0. The zero-order valence-corrected chi connectivity index (χ0v) is 15.9. The normalized spacial score (nSPS) is 16.9. The van der Waals surface area contributed by atoms with Crippen molar-refractivity contribution < 1.29 is 13.2 Å². The molecule has 0 radical (unpaired) electrons. The van der Waals surface area contributed by atoms with Crippen LogP contribution in [0.15, 0.2) is 17.0 Å². The lowest BCUT2D eigenvalue weighted by Crippen LogP contribution is -2.34. The lowest BCUT2D eigenvalue weighted by atomic mass is 10.0. The van der Waals surface area contributed by atoms with Gasteiger partial charge in [0.15, 0.2) is 0 Å². The standard InChI is InChI=1S/C18H28N2O3S/c1-13-11-15(12-17(14(13)2)24(22,23)20(3)4)18(21)19-16-9-7-5-6-8-10-16/h11-12,16H,5-10H2,1-4H3,(H,19,21). The zero-order valence-electron chi connectivity index (χ0n) is 15.1. The van der Waals surface area contributed by atoms with Crippen molar-refractivity contribution in [3.63, 3.8) is 0 Å². The number of carbonyl (C=O) groups excluding carboxylic acids is 1. The van der Waals surface area contributed by atoms with Crippen LogP contribution in [0, 0.1) is 13.8 Å². The Bertz CT molecular complexity index is 703. The van der Waals surface area contributed by atoms with Crippen LogP contribution < -0.4 is 5.32 Å². The first-order valence-electron chi connectivity index (χ1n) is 8.58. The lowest BCUT2D eigenvalue weighted by Gasteiger charge is -2.19. The molecule has 0 bridgehead atoms. The van der Waals surface area contributed by atoms with Crippen molar-refractivity contribution >= 4 is 15.9 Å². The minimum atomic E-state index is -3.57. The van der Waals surface area contributed by atoms with Crippen LogP contribution in [0.1, 0.15) is 60.0 Å². The Kier molecular flexibility index (Phi) is 6.04. The summed E-state index contributed by atoms with van der Waals surface area (Å²) in [6.07, 6.45) is 6.72. The van der Waals surface area contributed by atoms with Gasteiger partial charge in [0.25, 0.3) is 5.91 Å². The molecule has 134 valence electrons. The third kappa shape index (κ3) is 4.16. The first kappa shape index (κ1) is 18.9. The van der Waals surface area contributed by atoms with Gasteiger partial charge in [-0.15, -0.1) is 0 Å². The summed E-state index contributed by atoms with van der Waals surface area (Å²) in [6, 6.07) is 3.47. The molecule has 0 aliphatic heterocycles. The van der Waals surface area contributed by atoms with E-state index in [1.54, 1.807) is 13.0 Å². The number of carbonyl (C=O) groups is 1. The summed E-state index contributed by atoms with van der Waals surface area (Å²) in [5.74, 6) is -0.180. The minimum absolute atomic E-state index is 0.180. The predicted octanol–water partition coefficient (Wildman–Crippen LogP) is 3.01. The molecule has 1 aromatic rings. The fourth-order valence-corrected chi connectivity index (χ4v) is 4.33. The summed E-state index contributed by atoms with van der Waals surface area (Å²) >= 11 is 0. The van der Waals surface area contributed by atoms with Crippen LogP contribution in [0.2, 0.25) is 0 Å². The maximum atomic E-state index is 12.6. The van der Waals surface area contributed by atoms with Crippen LogP contribution in [0.3, 0.4) is 0 Å². The molecule has 1 aliphatic rings. The fraction of sp³-hybridized carbons (Fsp3) is 0.611. The summed E-state index contributed by atoms with van der Waals surface area (Å²) in [4.78, 5) is 12.8. The molecule has 1 amide bonds. The summed E-state index contributed by atoms with van der Waals surface area (Å²) < 4.78 is 26.2. The number of rotatable bonds is 4. The summed E-state index contributed by atoms with van der Waals surface area (Å²) in [7, 11) is -0.567. The van der Waals surface area contributed by atoms with Gasteiger partial charge in [-0.1, -0.05) is 25.7 Å². The molecule has 1 aromatic carbocycles. The van der Waals surface area contributed by atoms with Crippen molar-refractivity contribution in [2.75, 3.05) is 14.1 Å². The average Bonchev–Trinajstić information content (AvgIpc) is 2.78. The van der Waals surface area contributed by atoms with E-state index >= 15 is 0 Å². The molecule has 1 fully saturated rings. The van der Waals surface area contributed by atoms with E-state index in [1.165, 1.54) is 37.3 Å². The van der Waals surface area contributed by atoms with Crippen LogP contribution in [0.4, 0.5) is 0 Å². The molecule has 2 rings (SSSR count). The van der Waals surface area contributed by atoms with E-state index in [-0.39, 0.29) is 16.8 Å². The molecule has 6 heteroatoms. The van der Waals surface area contributed by atoms with Gasteiger partial charge in [0.1, 0.15) is 0 Å². The molecule has 0 unspecified atom stereocenters. The number of amides is 1. The molecule has 0 atom stereocenters. The van der Waals surface area contributed by atoms with E-state index in [9.17, 15) is 13.2 Å². The highest BCUT2D eigenvalue weighted by molar-refractivity contribution is 7.89. The molecular formula is C18H28N2O3S. The molecule has 0 heterocycles. The Hall–Kier alpha value is -1.40. The Morgan fingerprint density at radius 2 is 1.67 bits per heavy atom. The third-order valence-electron chi connectivity index (χ3n) is 4.83. The van der Waals surface area contributed by atoms with Gasteiger partial charge in [0.05, 0.1) is 4.90 Å². The summed E-state index contributed by atoms with van der Waals surface area (Å²) in [5.41, 5.74) is 1.92. The Morgan fingerprint density at radius 3 is 2.21 bits per heavy atom. The van der Waals surface area contributed by atoms with Crippen LogP contribution in [-0.4, -0.2) is 38.8 Å². The van der Waals surface area contributed by atoms with Crippen molar-refractivity contribution in [2.24, 2.45) is 0 Å². The predicted molar refractivity (Wildman–Crippen MR) is 95.7 cm³/mol. The largest absolute Gasteiger partial charge is 0.349 e. The number of nitrogens with zero attached hydrogens (tertiary/aromatic N) is 1. The molecule has 0 aromatic heterocycles. The summed E-state index contributed by atoms with van der Waals surface area (Å²) in [6.45, 7) is 3.62. The number of hydrogen-bond donors (Lipinski definition) is 1. The van der Waals surface area contributed by atoms with E-state index in [0.29, 0.717) is 11.1 Å². The highest BCUT2D eigenvalue weighted by Gasteiger charge is 2.24. The van der Waals surface area contributed by atoms with Gasteiger partial charge in [0.2, 0.25) is 10.0 Å². The van der Waals surface area contributed by atoms with Crippen LogP contribution in [0.5, 0.6) is 0 Å². The highest BCUT2D eigenvalue weighted by atomic mass is 32.2. The van der Waals surface area contributed by atoms with Gasteiger partial charge in [0, 0.05) is 25.7 Å². The minimum Gasteiger partial charge on any atom is -0.349 e. The molecule has 0 saturated heterocycles. The van der Waals surface area contributed by atoms with Crippen LogP contribution in [-0.2, 0) is 10.0 Å². The maximum absolute atomic E-state index is 12.6. The third-order valence-corrected chi connectivity index (χ3v) is 6.77. The van der Waals surface area contributed by atoms with Gasteiger partial charge in [-0.05, 0) is 49.9 Å². The maximum Gasteiger partial charge on any atom is 0.251 e. The molecule has 1 aliphatic carbocycles. The van der Waals surface area contributed by atoms with Gasteiger partial charge in [-0.25, -0.2) is 12.7 Å². The fourth-order valence-electron chi connectivity index (χ4n) is 3.12. The Balaban J connectivity index is 2.30. The molecule has 0 spiro atoms. The monoisotopic (exact) mass is 352 g/mol. The van der Waals surface area contributed by atoms with Crippen molar-refractivity contribution in [3.8, 4) is 0 Å². The SMILES string of the molecule is Cc1cc(C(=O)NC2CCCCCC2)cc(S(=O)(=O)N(C)C)c1C. The lowest BCUT2D eigenvalue weighted by molar-refractivity contribution is 0.0933. The number of nitrogens with one attached hydrogen (secondary N) is 1. The highest BCUT2D eigenvalue weighted by Crippen LogP contribution is 2.24. The van der Waals surface area contributed by atoms with Gasteiger partial charge in [-0.3, -0.25) is 4.79 Å². The molecular weight excluding hydrogens is 324 g/mol. The van der Waals surface area contributed by atoms with Crippen LogP contribution in [0.25, 0.3) is 0 Å². The van der Waals surface area contributed by atoms with E-state index < -0.39 is 10.0 Å². The number of benzene rings is 1. The Morgan fingerprint density at radius 1 is 1.08 bits per heavy atom. The van der Waals surface area contributed by atoms with Crippen LogP contribution >= 0.6 is 0 Å². The smallest absolute Gasteiger partial charge is 0.251 e. The zero-order chi connectivity index (χ0) is 17.9. The molecule has 1 saturated carbocycles. The van der Waals surface area contributed by atoms with E-state index in [1.807, 2.05) is 6.92 Å². The molecule has 5 nitrogen and oxygen atoms in total. The number of hydrogen-bond acceptors (Lipinski definition) is 3. The van der Waals surface area contributed by atoms with E-state index in [4.69, 9.17) is 0 Å². The second kappa shape index (κ2) is 7.66. The average molecular weight is 353 g/mol. The van der Waals surface area contributed by atoms with E-state index in [2.05, 4.69) is 5.32 Å². The molecule has 24 heavy (non-hydrogen) atoms. The van der Waals surface area contributed by atoms with Gasteiger partial charge >= 0.3 is 0 Å². The topological polar surface area (TPSA) is 66.5 Å². The second-order valence-corrected chi connectivity index (χ2v) is 8.99. The van der Waals surface area contributed by atoms with Crippen molar-refractivity contribution in [1.82, 2.24) is 9.62 Å². The van der Waals surface area contributed by atoms with Crippen molar-refractivity contribution in [2.45, 2.75) is 63.3 Å². The van der Waals surface area contributed by atoms with Crippen molar-refractivity contribution in [3.05, 3.63) is 28.8 Å². The van der Waals surface area contributed by atoms with E-state index in [0.717, 1.165) is 31.2 Å². The summed E-state index contributed by atoms with van der Waals surface area (Å²) in [5, 5.41) is 3.08. The van der Waals surface area contributed by atoms with Gasteiger partial charge in [-0.2, -0.15) is 0 Å².